The Kier molecular flexibility index (Phi) is 4.13. The molecule has 0 atom stereocenters. The molecule has 0 aliphatic carbocycles. The molecule has 0 bridgehead atoms. The molecule has 0 unspecified atom stereocenters. The van der Waals surface area contributed by atoms with Crippen LogP contribution in [0, 0.1) is 0 Å². The number of rotatable bonds is 4. The second-order valence-electron chi connectivity index (χ2n) is 4.81. The van der Waals surface area contributed by atoms with Crippen LogP contribution >= 0.6 is 0 Å². The topological polar surface area (TPSA) is 22.1 Å². The van der Waals surface area contributed by atoms with E-state index in [4.69, 9.17) is 4.74 Å². The molecule has 1 heterocycles. The van der Waals surface area contributed by atoms with Gasteiger partial charge in [-0.2, -0.15) is 0 Å². The lowest BCUT2D eigenvalue weighted by molar-refractivity contribution is 0.295. The maximum absolute atomic E-state index is 5.57. The van der Waals surface area contributed by atoms with Crippen molar-refractivity contribution in [3.05, 3.63) is 23.9 Å². The van der Waals surface area contributed by atoms with E-state index in [0.717, 1.165) is 31.0 Å². The van der Waals surface area contributed by atoms with Crippen molar-refractivity contribution in [1.29, 1.82) is 0 Å². The van der Waals surface area contributed by atoms with Crippen molar-refractivity contribution in [2.24, 2.45) is 0 Å². The van der Waals surface area contributed by atoms with Gasteiger partial charge in [0.15, 0.2) is 0 Å². The summed E-state index contributed by atoms with van der Waals surface area (Å²) in [5.74, 6) is 0.746. The van der Waals surface area contributed by atoms with Gasteiger partial charge in [-0.3, -0.25) is 0 Å². The molecule has 0 saturated heterocycles. The van der Waals surface area contributed by atoms with Crippen molar-refractivity contribution in [2.75, 3.05) is 6.61 Å². The molecule has 0 fully saturated rings. The molecule has 0 N–H and O–H groups in total. The van der Waals surface area contributed by atoms with Gasteiger partial charge in [0.1, 0.15) is 0 Å². The number of unbranched alkanes of at least 4 members (excludes halogenated alkanes) is 1. The maximum Gasteiger partial charge on any atom is 0.213 e. The highest BCUT2D eigenvalue weighted by atomic mass is 16.5. The zero-order valence-electron chi connectivity index (χ0n) is 10.2. The van der Waals surface area contributed by atoms with Crippen LogP contribution < -0.4 is 4.74 Å². The normalized spacial score (nSPS) is 11.5. The molecule has 1 aromatic heterocycles. The number of hydrogen-bond acceptors (Lipinski definition) is 2. The van der Waals surface area contributed by atoms with Crippen molar-refractivity contribution in [3.63, 3.8) is 0 Å². The van der Waals surface area contributed by atoms with E-state index in [2.05, 4.69) is 32.7 Å². The molecule has 0 saturated carbocycles. The lowest BCUT2D eigenvalue weighted by Gasteiger charge is -2.18. The Bertz CT molecular complexity index is 302. The number of hydrogen-bond donors (Lipinski definition) is 0. The summed E-state index contributed by atoms with van der Waals surface area (Å²) in [6.45, 7) is 9.39. The average Bonchev–Trinajstić information content (AvgIpc) is 2.17. The molecule has 0 aromatic carbocycles. The van der Waals surface area contributed by atoms with Crippen LogP contribution in [0.15, 0.2) is 18.2 Å². The number of pyridine rings is 1. The Labute approximate surface area is 92.7 Å². The highest BCUT2D eigenvalue weighted by molar-refractivity contribution is 5.20. The van der Waals surface area contributed by atoms with Crippen LogP contribution in [0.1, 0.15) is 46.2 Å². The van der Waals surface area contributed by atoms with Gasteiger partial charge in [-0.1, -0.05) is 40.2 Å². The highest BCUT2D eigenvalue weighted by Crippen LogP contribution is 2.21. The highest BCUT2D eigenvalue weighted by Gasteiger charge is 2.15. The van der Waals surface area contributed by atoms with Gasteiger partial charge < -0.3 is 4.74 Å². The first-order valence-corrected chi connectivity index (χ1v) is 5.64. The van der Waals surface area contributed by atoms with Gasteiger partial charge in [0.2, 0.25) is 5.88 Å². The summed E-state index contributed by atoms with van der Waals surface area (Å²) in [4.78, 5) is 4.49. The first kappa shape index (κ1) is 12.0. The van der Waals surface area contributed by atoms with E-state index in [-0.39, 0.29) is 5.41 Å². The van der Waals surface area contributed by atoms with Crippen molar-refractivity contribution < 1.29 is 4.74 Å². The van der Waals surface area contributed by atoms with Gasteiger partial charge in [0.25, 0.3) is 0 Å². The minimum absolute atomic E-state index is 0.0874. The summed E-state index contributed by atoms with van der Waals surface area (Å²) in [6, 6.07) is 5.98. The largest absolute Gasteiger partial charge is 0.478 e. The zero-order chi connectivity index (χ0) is 11.3. The van der Waals surface area contributed by atoms with Crippen LogP contribution in [0.5, 0.6) is 5.88 Å². The molecule has 2 nitrogen and oxygen atoms in total. The van der Waals surface area contributed by atoms with Gasteiger partial charge in [-0.15, -0.1) is 0 Å². The van der Waals surface area contributed by atoms with Gasteiger partial charge >= 0.3 is 0 Å². The van der Waals surface area contributed by atoms with Crippen LogP contribution in [0.3, 0.4) is 0 Å². The molecular formula is C13H21NO. The summed E-state index contributed by atoms with van der Waals surface area (Å²) < 4.78 is 5.57. The molecule has 0 amide bonds. The summed E-state index contributed by atoms with van der Waals surface area (Å²) >= 11 is 0. The summed E-state index contributed by atoms with van der Waals surface area (Å²) in [5, 5.41) is 0. The first-order valence-electron chi connectivity index (χ1n) is 5.64. The quantitative estimate of drug-likeness (QED) is 0.704. The van der Waals surface area contributed by atoms with Crippen LogP contribution in [-0.2, 0) is 5.41 Å². The van der Waals surface area contributed by atoms with E-state index >= 15 is 0 Å². The number of nitrogens with zero attached hydrogens (tertiary/aromatic N) is 1. The van der Waals surface area contributed by atoms with Crippen molar-refractivity contribution >= 4 is 0 Å². The molecular weight excluding hydrogens is 186 g/mol. The maximum atomic E-state index is 5.57. The minimum Gasteiger partial charge on any atom is -0.478 e. The summed E-state index contributed by atoms with van der Waals surface area (Å²) in [7, 11) is 0. The summed E-state index contributed by atoms with van der Waals surface area (Å²) in [5.41, 5.74) is 1.17. The second kappa shape index (κ2) is 5.15. The van der Waals surface area contributed by atoms with Gasteiger partial charge in [0, 0.05) is 17.2 Å². The van der Waals surface area contributed by atoms with Crippen LogP contribution in [0.4, 0.5) is 0 Å². The standard InChI is InChI=1S/C13H21NO/c1-5-6-10-15-12-9-7-8-11(14-12)13(2,3)4/h7-9H,5-6,10H2,1-4H3. The molecule has 0 radical (unpaired) electrons. The molecule has 1 rings (SSSR count). The zero-order valence-corrected chi connectivity index (χ0v) is 10.2. The van der Waals surface area contributed by atoms with Gasteiger partial charge in [-0.25, -0.2) is 4.98 Å². The molecule has 0 aliphatic heterocycles. The van der Waals surface area contributed by atoms with Gasteiger partial charge in [0.05, 0.1) is 6.61 Å². The molecule has 0 spiro atoms. The number of aromatic nitrogens is 1. The van der Waals surface area contributed by atoms with E-state index < -0.39 is 0 Å². The van der Waals surface area contributed by atoms with E-state index in [9.17, 15) is 0 Å². The predicted molar refractivity (Wildman–Crippen MR) is 63.3 cm³/mol. The fourth-order valence-electron chi connectivity index (χ4n) is 1.23. The third-order valence-electron chi connectivity index (χ3n) is 2.24. The Balaban J connectivity index is 2.66. The van der Waals surface area contributed by atoms with E-state index in [1.54, 1.807) is 0 Å². The van der Waals surface area contributed by atoms with Crippen LogP contribution in [0.2, 0.25) is 0 Å². The molecule has 1 aromatic rings. The Morgan fingerprint density at radius 2 is 2.00 bits per heavy atom. The summed E-state index contributed by atoms with van der Waals surface area (Å²) in [6.07, 6.45) is 2.24. The van der Waals surface area contributed by atoms with Gasteiger partial charge in [-0.05, 0) is 12.5 Å². The Morgan fingerprint density at radius 1 is 1.27 bits per heavy atom. The van der Waals surface area contributed by atoms with Crippen molar-refractivity contribution in [2.45, 2.75) is 46.0 Å². The SMILES string of the molecule is CCCCOc1cccc(C(C)(C)C)n1. The van der Waals surface area contributed by atoms with E-state index in [0.29, 0.717) is 0 Å². The molecule has 84 valence electrons. The molecule has 2 heteroatoms. The second-order valence-corrected chi connectivity index (χ2v) is 4.81. The Hall–Kier alpha value is -1.05. The average molecular weight is 207 g/mol. The lowest BCUT2D eigenvalue weighted by atomic mass is 9.92. The first-order chi connectivity index (χ1) is 7.04. The smallest absolute Gasteiger partial charge is 0.213 e. The third kappa shape index (κ3) is 3.90. The Morgan fingerprint density at radius 3 is 2.60 bits per heavy atom. The third-order valence-corrected chi connectivity index (χ3v) is 2.24. The van der Waals surface area contributed by atoms with Crippen LogP contribution in [-0.4, -0.2) is 11.6 Å². The fraction of sp³-hybridized carbons (Fsp3) is 0.615. The number of ether oxygens (including phenoxy) is 1. The predicted octanol–water partition coefficient (Wildman–Crippen LogP) is 3.56. The molecule has 15 heavy (non-hydrogen) atoms. The minimum atomic E-state index is 0.0874. The van der Waals surface area contributed by atoms with Crippen molar-refractivity contribution in [1.82, 2.24) is 4.98 Å². The van der Waals surface area contributed by atoms with E-state index in [1.807, 2.05) is 18.2 Å². The lowest BCUT2D eigenvalue weighted by Crippen LogP contribution is -2.13. The van der Waals surface area contributed by atoms with Crippen molar-refractivity contribution in [3.8, 4) is 5.88 Å². The molecule has 0 aliphatic rings. The monoisotopic (exact) mass is 207 g/mol. The fourth-order valence-corrected chi connectivity index (χ4v) is 1.23. The van der Waals surface area contributed by atoms with E-state index in [1.165, 1.54) is 0 Å². The van der Waals surface area contributed by atoms with Crippen LogP contribution in [0.25, 0.3) is 0 Å².